The molecule has 0 saturated carbocycles. The Morgan fingerprint density at radius 3 is 2.19 bits per heavy atom. The van der Waals surface area contributed by atoms with Crippen molar-refractivity contribution in [2.24, 2.45) is 0 Å². The SMILES string of the molecule is COc1cc(/C(O)=C2\C(=O)C(=O)N(c3ccc(OC(F)(F)F)cc3)C2c2ccncc2)c(OC)cc1Cl. The molecular formula is C25H18ClF3N2O6. The van der Waals surface area contributed by atoms with Crippen LogP contribution in [-0.4, -0.2) is 42.4 Å². The zero-order valence-corrected chi connectivity index (χ0v) is 20.0. The second kappa shape index (κ2) is 10.0. The number of ketones is 1. The molecule has 192 valence electrons. The zero-order chi connectivity index (χ0) is 26.9. The number of Topliss-reactive ketones (excluding diaryl/α,β-unsaturated/α-hetero) is 1. The first-order valence-electron chi connectivity index (χ1n) is 10.5. The molecule has 3 aromatic rings. The number of benzene rings is 2. The van der Waals surface area contributed by atoms with Crippen LogP contribution in [-0.2, 0) is 9.59 Å². The van der Waals surface area contributed by atoms with Crippen LogP contribution in [0, 0.1) is 0 Å². The predicted octanol–water partition coefficient (Wildman–Crippen LogP) is 5.28. The van der Waals surface area contributed by atoms with Crippen molar-refractivity contribution in [3.63, 3.8) is 0 Å². The van der Waals surface area contributed by atoms with Gasteiger partial charge in [-0.05, 0) is 48.0 Å². The van der Waals surface area contributed by atoms with Crippen molar-refractivity contribution in [1.29, 1.82) is 0 Å². The highest BCUT2D eigenvalue weighted by Gasteiger charge is 2.47. The van der Waals surface area contributed by atoms with Crippen LogP contribution < -0.4 is 19.1 Å². The third-order valence-corrected chi connectivity index (χ3v) is 5.84. The maximum absolute atomic E-state index is 13.3. The number of anilines is 1. The number of halogens is 4. The highest BCUT2D eigenvalue weighted by Crippen LogP contribution is 2.45. The van der Waals surface area contributed by atoms with Gasteiger partial charge in [-0.1, -0.05) is 11.6 Å². The topological polar surface area (TPSA) is 98.2 Å². The molecule has 1 aliphatic heterocycles. The van der Waals surface area contributed by atoms with Gasteiger partial charge in [0.25, 0.3) is 11.7 Å². The molecule has 1 amide bonds. The first kappa shape index (κ1) is 25.8. The van der Waals surface area contributed by atoms with Gasteiger partial charge >= 0.3 is 6.36 Å². The molecule has 1 aromatic heterocycles. The molecule has 0 spiro atoms. The maximum Gasteiger partial charge on any atom is 0.573 e. The summed E-state index contributed by atoms with van der Waals surface area (Å²) in [5.41, 5.74) is 0.258. The molecule has 0 bridgehead atoms. The van der Waals surface area contributed by atoms with E-state index < -0.39 is 35.6 Å². The fourth-order valence-corrected chi connectivity index (χ4v) is 4.19. The minimum absolute atomic E-state index is 0.0368. The van der Waals surface area contributed by atoms with Crippen LogP contribution in [0.5, 0.6) is 17.2 Å². The Kier molecular flexibility index (Phi) is 6.99. The van der Waals surface area contributed by atoms with Crippen molar-refractivity contribution < 1.29 is 42.1 Å². The third-order valence-electron chi connectivity index (χ3n) is 5.54. The number of carbonyl (C=O) groups excluding carboxylic acids is 2. The standard InChI is InChI=1S/C25H18ClF3N2O6/c1-35-18-12-17(26)19(36-2)11-16(18)22(32)20-21(13-7-9-30-10-8-13)31(24(34)23(20)33)14-3-5-15(6-4-14)37-25(27,28)29/h3-12,21,32H,1-2H3/b22-20+. The van der Waals surface area contributed by atoms with Gasteiger partial charge in [0, 0.05) is 24.1 Å². The fourth-order valence-electron chi connectivity index (χ4n) is 3.96. The van der Waals surface area contributed by atoms with E-state index in [2.05, 4.69) is 9.72 Å². The number of alkyl halides is 3. The number of hydrogen-bond donors (Lipinski definition) is 1. The number of methoxy groups -OCH3 is 2. The monoisotopic (exact) mass is 534 g/mol. The molecule has 2 aromatic carbocycles. The predicted molar refractivity (Wildman–Crippen MR) is 127 cm³/mol. The first-order chi connectivity index (χ1) is 17.6. The lowest BCUT2D eigenvalue weighted by Crippen LogP contribution is -2.29. The van der Waals surface area contributed by atoms with Gasteiger partial charge in [0.15, 0.2) is 0 Å². The van der Waals surface area contributed by atoms with Gasteiger partial charge in [0.1, 0.15) is 23.0 Å². The number of carbonyl (C=O) groups is 2. The Hall–Kier alpha value is -4.25. The zero-order valence-electron chi connectivity index (χ0n) is 19.2. The van der Waals surface area contributed by atoms with E-state index in [0.717, 1.165) is 17.0 Å². The molecule has 37 heavy (non-hydrogen) atoms. The van der Waals surface area contributed by atoms with E-state index in [0.29, 0.717) is 5.56 Å². The molecule has 1 aliphatic rings. The summed E-state index contributed by atoms with van der Waals surface area (Å²) in [4.78, 5) is 31.5. The minimum atomic E-state index is -4.90. The van der Waals surface area contributed by atoms with E-state index >= 15 is 0 Å². The van der Waals surface area contributed by atoms with Crippen LogP contribution in [0.3, 0.4) is 0 Å². The molecular weight excluding hydrogens is 517 g/mol. The number of nitrogens with zero attached hydrogens (tertiary/aromatic N) is 2. The molecule has 2 heterocycles. The van der Waals surface area contributed by atoms with Gasteiger partial charge in [-0.3, -0.25) is 19.5 Å². The van der Waals surface area contributed by atoms with Gasteiger partial charge in [0.2, 0.25) is 0 Å². The Bertz CT molecular complexity index is 1380. The fraction of sp³-hybridized carbons (Fsp3) is 0.160. The van der Waals surface area contributed by atoms with Crippen LogP contribution in [0.4, 0.5) is 18.9 Å². The summed E-state index contributed by atoms with van der Waals surface area (Å²) in [5, 5.41) is 11.5. The smallest absolute Gasteiger partial charge is 0.507 e. The van der Waals surface area contributed by atoms with Gasteiger partial charge in [-0.2, -0.15) is 0 Å². The number of hydrogen-bond acceptors (Lipinski definition) is 7. The van der Waals surface area contributed by atoms with E-state index in [1.54, 1.807) is 0 Å². The Labute approximate surface area is 213 Å². The average molecular weight is 535 g/mol. The highest BCUT2D eigenvalue weighted by atomic mass is 35.5. The average Bonchev–Trinajstić information content (AvgIpc) is 3.13. The van der Waals surface area contributed by atoms with E-state index in [1.165, 1.54) is 63.0 Å². The maximum atomic E-state index is 13.3. The quantitative estimate of drug-likeness (QED) is 0.261. The van der Waals surface area contributed by atoms with Crippen molar-refractivity contribution >= 4 is 34.7 Å². The van der Waals surface area contributed by atoms with Crippen LogP contribution >= 0.6 is 11.6 Å². The van der Waals surface area contributed by atoms with E-state index in [1.807, 2.05) is 0 Å². The van der Waals surface area contributed by atoms with Gasteiger partial charge in [-0.25, -0.2) is 0 Å². The van der Waals surface area contributed by atoms with Crippen molar-refractivity contribution in [1.82, 2.24) is 4.98 Å². The molecule has 4 rings (SSSR count). The molecule has 1 saturated heterocycles. The first-order valence-corrected chi connectivity index (χ1v) is 10.9. The second-order valence-electron chi connectivity index (χ2n) is 7.68. The summed E-state index contributed by atoms with van der Waals surface area (Å²) in [6.07, 6.45) is -2.04. The van der Waals surface area contributed by atoms with Crippen molar-refractivity contribution in [3.05, 3.63) is 82.6 Å². The summed E-state index contributed by atoms with van der Waals surface area (Å²) in [6, 6.07) is 9.10. The van der Waals surface area contributed by atoms with Gasteiger partial charge in [-0.15, -0.1) is 13.2 Å². The minimum Gasteiger partial charge on any atom is -0.507 e. The summed E-state index contributed by atoms with van der Waals surface area (Å²) in [6.45, 7) is 0. The summed E-state index contributed by atoms with van der Waals surface area (Å²) in [7, 11) is 2.69. The van der Waals surface area contributed by atoms with Crippen LogP contribution in [0.1, 0.15) is 17.2 Å². The van der Waals surface area contributed by atoms with Crippen molar-refractivity contribution in [2.45, 2.75) is 12.4 Å². The number of rotatable bonds is 6. The normalized spacial score (nSPS) is 17.1. The van der Waals surface area contributed by atoms with Crippen LogP contribution in [0.2, 0.25) is 5.02 Å². The number of ether oxygens (including phenoxy) is 3. The summed E-state index contributed by atoms with van der Waals surface area (Å²) < 4.78 is 52.2. The van der Waals surface area contributed by atoms with E-state index in [4.69, 9.17) is 21.1 Å². The molecule has 1 fully saturated rings. The number of aliphatic hydroxyl groups excluding tert-OH is 1. The second-order valence-corrected chi connectivity index (χ2v) is 8.09. The van der Waals surface area contributed by atoms with Crippen molar-refractivity contribution in [2.75, 3.05) is 19.1 Å². The molecule has 1 N–H and O–H groups in total. The lowest BCUT2D eigenvalue weighted by atomic mass is 9.95. The lowest BCUT2D eigenvalue weighted by Gasteiger charge is -2.25. The number of pyridine rings is 1. The molecule has 12 heteroatoms. The Balaban J connectivity index is 1.90. The molecule has 1 unspecified atom stereocenters. The molecule has 1 atom stereocenters. The summed E-state index contributed by atoms with van der Waals surface area (Å²) >= 11 is 6.16. The Morgan fingerprint density at radius 1 is 1.00 bits per heavy atom. The van der Waals surface area contributed by atoms with Crippen LogP contribution in [0.15, 0.2) is 66.5 Å². The molecule has 0 aliphatic carbocycles. The van der Waals surface area contributed by atoms with E-state index in [9.17, 15) is 27.9 Å². The Morgan fingerprint density at radius 2 is 1.62 bits per heavy atom. The number of aromatic nitrogens is 1. The molecule has 0 radical (unpaired) electrons. The summed E-state index contributed by atoms with van der Waals surface area (Å²) in [5.74, 6) is -2.81. The highest BCUT2D eigenvalue weighted by molar-refractivity contribution is 6.51. The number of aliphatic hydroxyl groups is 1. The van der Waals surface area contributed by atoms with Gasteiger partial charge < -0.3 is 19.3 Å². The lowest BCUT2D eigenvalue weighted by molar-refractivity contribution is -0.274. The van der Waals surface area contributed by atoms with Crippen LogP contribution in [0.25, 0.3) is 5.76 Å². The number of amides is 1. The third kappa shape index (κ3) is 5.03. The largest absolute Gasteiger partial charge is 0.573 e. The molecule has 8 nitrogen and oxygen atoms in total. The van der Waals surface area contributed by atoms with Gasteiger partial charge in [0.05, 0.1) is 36.4 Å². The van der Waals surface area contributed by atoms with E-state index in [-0.39, 0.29) is 33.3 Å². The van der Waals surface area contributed by atoms with Crippen molar-refractivity contribution in [3.8, 4) is 17.2 Å².